The summed E-state index contributed by atoms with van der Waals surface area (Å²) in [6.07, 6.45) is 2.97. The molecule has 23 heavy (non-hydrogen) atoms. The minimum atomic E-state index is 0.140. The van der Waals surface area contributed by atoms with Gasteiger partial charge in [0.2, 0.25) is 0 Å². The molecule has 0 spiro atoms. The van der Waals surface area contributed by atoms with Crippen molar-refractivity contribution in [1.29, 1.82) is 0 Å². The molecule has 2 aliphatic rings. The Hall–Kier alpha value is -2.23. The maximum Gasteiger partial charge on any atom is 0.253 e. The number of hydrogen-bond donors (Lipinski definition) is 0. The molecule has 2 heterocycles. The van der Waals surface area contributed by atoms with Crippen molar-refractivity contribution in [2.75, 3.05) is 13.1 Å². The summed E-state index contributed by atoms with van der Waals surface area (Å²) < 4.78 is 0. The van der Waals surface area contributed by atoms with Crippen LogP contribution in [0.5, 0.6) is 0 Å². The van der Waals surface area contributed by atoms with Gasteiger partial charge in [-0.1, -0.05) is 32.0 Å². The average molecular weight is 307 g/mol. The Bertz CT molecular complexity index is 742. The molecule has 2 atom stereocenters. The van der Waals surface area contributed by atoms with E-state index >= 15 is 0 Å². The van der Waals surface area contributed by atoms with Crippen LogP contribution >= 0.6 is 0 Å². The SMILES string of the molecule is CC(C)c1ncc2c(n1)C[C@H]1CN(C(=O)c3ccccc3)C[C@H]21. The maximum absolute atomic E-state index is 12.6. The van der Waals surface area contributed by atoms with Crippen molar-refractivity contribution < 1.29 is 4.79 Å². The molecule has 4 nitrogen and oxygen atoms in total. The van der Waals surface area contributed by atoms with Gasteiger partial charge in [-0.15, -0.1) is 0 Å². The fraction of sp³-hybridized carbons (Fsp3) is 0.421. The highest BCUT2D eigenvalue weighted by Gasteiger charge is 2.42. The van der Waals surface area contributed by atoms with Gasteiger partial charge in [0.15, 0.2) is 0 Å². The molecule has 0 saturated carbocycles. The Kier molecular flexibility index (Phi) is 3.40. The van der Waals surface area contributed by atoms with Crippen LogP contribution in [-0.2, 0) is 6.42 Å². The number of hydrogen-bond acceptors (Lipinski definition) is 3. The molecule has 0 unspecified atom stereocenters. The minimum Gasteiger partial charge on any atom is -0.338 e. The molecule has 1 aliphatic heterocycles. The summed E-state index contributed by atoms with van der Waals surface area (Å²) in [7, 11) is 0. The average Bonchev–Trinajstić information content (AvgIpc) is 3.12. The molecule has 0 radical (unpaired) electrons. The summed E-state index contributed by atoms with van der Waals surface area (Å²) in [5.74, 6) is 2.33. The molecule has 1 amide bonds. The number of amides is 1. The van der Waals surface area contributed by atoms with Crippen molar-refractivity contribution in [3.8, 4) is 0 Å². The summed E-state index contributed by atoms with van der Waals surface area (Å²) in [6, 6.07) is 9.56. The second-order valence-electron chi connectivity index (χ2n) is 6.93. The standard InChI is InChI=1S/C19H21N3O/c1-12(2)18-20-9-15-16-11-22(10-14(16)8-17(15)21-18)19(23)13-6-4-3-5-7-13/h3-7,9,12,14,16H,8,10-11H2,1-2H3/t14-,16-/m0/s1. The van der Waals surface area contributed by atoms with Gasteiger partial charge in [0.1, 0.15) is 5.82 Å². The lowest BCUT2D eigenvalue weighted by Gasteiger charge is -2.18. The number of fused-ring (bicyclic) bond motifs is 3. The Labute approximate surface area is 136 Å². The first-order valence-corrected chi connectivity index (χ1v) is 8.33. The third kappa shape index (κ3) is 2.42. The summed E-state index contributed by atoms with van der Waals surface area (Å²) in [4.78, 5) is 23.9. The molecule has 0 bridgehead atoms. The summed E-state index contributed by atoms with van der Waals surface area (Å²) >= 11 is 0. The van der Waals surface area contributed by atoms with E-state index < -0.39 is 0 Å². The predicted molar refractivity (Wildman–Crippen MR) is 88.4 cm³/mol. The van der Waals surface area contributed by atoms with Crippen LogP contribution in [0.15, 0.2) is 36.5 Å². The van der Waals surface area contributed by atoms with Crippen LogP contribution in [-0.4, -0.2) is 33.9 Å². The lowest BCUT2D eigenvalue weighted by molar-refractivity contribution is 0.0785. The number of aromatic nitrogens is 2. The van der Waals surface area contributed by atoms with Crippen LogP contribution in [0, 0.1) is 5.92 Å². The Morgan fingerprint density at radius 3 is 2.74 bits per heavy atom. The second-order valence-corrected chi connectivity index (χ2v) is 6.93. The number of carbonyl (C=O) groups is 1. The highest BCUT2D eigenvalue weighted by atomic mass is 16.2. The number of benzene rings is 1. The zero-order valence-corrected chi connectivity index (χ0v) is 13.6. The molecule has 0 N–H and O–H groups in total. The van der Waals surface area contributed by atoms with Crippen LogP contribution < -0.4 is 0 Å². The Balaban J connectivity index is 1.55. The maximum atomic E-state index is 12.6. The van der Waals surface area contributed by atoms with Gasteiger partial charge in [-0.2, -0.15) is 0 Å². The van der Waals surface area contributed by atoms with E-state index in [1.54, 1.807) is 0 Å². The van der Waals surface area contributed by atoms with Gasteiger partial charge in [-0.25, -0.2) is 9.97 Å². The third-order valence-corrected chi connectivity index (χ3v) is 5.04. The van der Waals surface area contributed by atoms with Gasteiger partial charge >= 0.3 is 0 Å². The molecule has 1 fully saturated rings. The Morgan fingerprint density at radius 2 is 2.00 bits per heavy atom. The molecular weight excluding hydrogens is 286 g/mol. The monoisotopic (exact) mass is 307 g/mol. The molecular formula is C19H21N3O. The molecule has 4 heteroatoms. The fourth-order valence-corrected chi connectivity index (χ4v) is 3.80. The van der Waals surface area contributed by atoms with E-state index in [4.69, 9.17) is 4.98 Å². The van der Waals surface area contributed by atoms with E-state index in [1.165, 1.54) is 11.3 Å². The van der Waals surface area contributed by atoms with Crippen molar-refractivity contribution in [2.45, 2.75) is 32.1 Å². The highest BCUT2D eigenvalue weighted by molar-refractivity contribution is 5.94. The van der Waals surface area contributed by atoms with Crippen LogP contribution in [0.4, 0.5) is 0 Å². The highest BCUT2D eigenvalue weighted by Crippen LogP contribution is 2.42. The van der Waals surface area contributed by atoms with Gasteiger partial charge in [0.05, 0.1) is 0 Å². The van der Waals surface area contributed by atoms with Crippen molar-refractivity contribution in [2.24, 2.45) is 5.92 Å². The summed E-state index contributed by atoms with van der Waals surface area (Å²) in [5.41, 5.74) is 3.23. The van der Waals surface area contributed by atoms with Crippen LogP contribution in [0.25, 0.3) is 0 Å². The zero-order chi connectivity index (χ0) is 16.0. The molecule has 1 aromatic heterocycles. The van der Waals surface area contributed by atoms with E-state index in [2.05, 4.69) is 18.8 Å². The third-order valence-electron chi connectivity index (χ3n) is 5.04. The van der Waals surface area contributed by atoms with Crippen LogP contribution in [0.3, 0.4) is 0 Å². The van der Waals surface area contributed by atoms with Crippen molar-refractivity contribution in [3.63, 3.8) is 0 Å². The quantitative estimate of drug-likeness (QED) is 0.857. The number of rotatable bonds is 2. The smallest absolute Gasteiger partial charge is 0.253 e. The topological polar surface area (TPSA) is 46.1 Å². The van der Waals surface area contributed by atoms with Gasteiger partial charge < -0.3 is 4.90 Å². The normalized spacial score (nSPS) is 22.3. The predicted octanol–water partition coefficient (Wildman–Crippen LogP) is 3.01. The van der Waals surface area contributed by atoms with Crippen molar-refractivity contribution >= 4 is 5.91 Å². The summed E-state index contributed by atoms with van der Waals surface area (Å²) in [5, 5.41) is 0. The van der Waals surface area contributed by atoms with Crippen molar-refractivity contribution in [1.82, 2.24) is 14.9 Å². The van der Waals surface area contributed by atoms with Crippen molar-refractivity contribution in [3.05, 3.63) is 59.2 Å². The second kappa shape index (κ2) is 5.44. The molecule has 1 aromatic carbocycles. The van der Waals surface area contributed by atoms with E-state index in [9.17, 15) is 4.79 Å². The van der Waals surface area contributed by atoms with Gasteiger partial charge in [-0.05, 0) is 30.0 Å². The lowest BCUT2D eigenvalue weighted by atomic mass is 9.97. The first-order valence-electron chi connectivity index (χ1n) is 8.33. The van der Waals surface area contributed by atoms with Crippen LogP contribution in [0.2, 0.25) is 0 Å². The molecule has 4 rings (SSSR count). The van der Waals surface area contributed by atoms with E-state index in [1.807, 2.05) is 41.4 Å². The lowest BCUT2D eigenvalue weighted by Crippen LogP contribution is -2.29. The van der Waals surface area contributed by atoms with E-state index in [-0.39, 0.29) is 5.91 Å². The molecule has 118 valence electrons. The largest absolute Gasteiger partial charge is 0.338 e. The number of likely N-dealkylation sites (tertiary alicyclic amines) is 1. The zero-order valence-electron chi connectivity index (χ0n) is 13.6. The van der Waals surface area contributed by atoms with E-state index in [0.29, 0.717) is 17.8 Å². The van der Waals surface area contributed by atoms with Gasteiger partial charge in [0.25, 0.3) is 5.91 Å². The first-order chi connectivity index (χ1) is 11.1. The Morgan fingerprint density at radius 1 is 1.22 bits per heavy atom. The first kappa shape index (κ1) is 14.4. The minimum absolute atomic E-state index is 0.140. The van der Waals surface area contributed by atoms with Gasteiger partial charge in [0, 0.05) is 42.4 Å². The fourth-order valence-electron chi connectivity index (χ4n) is 3.80. The van der Waals surface area contributed by atoms with E-state index in [0.717, 1.165) is 30.9 Å². The summed E-state index contributed by atoms with van der Waals surface area (Å²) in [6.45, 7) is 5.86. The van der Waals surface area contributed by atoms with Crippen LogP contribution in [0.1, 0.15) is 53.1 Å². The number of nitrogens with zero attached hydrogens (tertiary/aromatic N) is 3. The number of carbonyl (C=O) groups excluding carboxylic acids is 1. The molecule has 1 aliphatic carbocycles. The van der Waals surface area contributed by atoms with Gasteiger partial charge in [-0.3, -0.25) is 4.79 Å². The molecule has 1 saturated heterocycles. The molecule has 2 aromatic rings.